The summed E-state index contributed by atoms with van der Waals surface area (Å²) in [7, 11) is 0. The molecule has 0 radical (unpaired) electrons. The lowest BCUT2D eigenvalue weighted by atomic mass is 10.1. The number of nitrogens with zero attached hydrogens (tertiary/aromatic N) is 2. The van der Waals surface area contributed by atoms with Crippen molar-refractivity contribution < 1.29 is 5.11 Å². The zero-order chi connectivity index (χ0) is 16.9. The zero-order valence-electron chi connectivity index (χ0n) is 13.5. The van der Waals surface area contributed by atoms with Crippen LogP contribution in [0.4, 0.5) is 11.5 Å². The van der Waals surface area contributed by atoms with Gasteiger partial charge in [-0.15, -0.1) is 0 Å². The van der Waals surface area contributed by atoms with Crippen molar-refractivity contribution in [3.05, 3.63) is 66.0 Å². The van der Waals surface area contributed by atoms with E-state index in [4.69, 9.17) is 5.73 Å². The lowest BCUT2D eigenvalue weighted by molar-refractivity contribution is 0.475. The van der Waals surface area contributed by atoms with Crippen LogP contribution >= 0.6 is 0 Å². The van der Waals surface area contributed by atoms with Gasteiger partial charge in [0.05, 0.1) is 0 Å². The summed E-state index contributed by atoms with van der Waals surface area (Å²) in [5, 5.41) is 13.6. The maximum atomic E-state index is 10.5. The predicted octanol–water partition coefficient (Wildman–Crippen LogP) is 3.61. The summed E-state index contributed by atoms with van der Waals surface area (Å²) in [6, 6.07) is 15.7. The molecule has 122 valence electrons. The minimum Gasteiger partial charge on any atom is -0.503 e. The molecule has 3 aromatic rings. The molecule has 0 fully saturated rings. The van der Waals surface area contributed by atoms with E-state index in [9.17, 15) is 5.11 Å². The highest BCUT2D eigenvalue weighted by molar-refractivity contribution is 5.74. The first kappa shape index (κ1) is 16.0. The Morgan fingerprint density at radius 3 is 2.25 bits per heavy atom. The Hall–Kier alpha value is -2.92. The van der Waals surface area contributed by atoms with Crippen LogP contribution in [0.2, 0.25) is 0 Å². The van der Waals surface area contributed by atoms with Crippen LogP contribution < -0.4 is 11.1 Å². The SMILES string of the molecule is CCc1ccc(-c2ncnc(Nc3ccc(CN)cc3)c2O)cc1. The Balaban J connectivity index is 1.89. The molecule has 3 rings (SSSR count). The summed E-state index contributed by atoms with van der Waals surface area (Å²) < 4.78 is 0. The first-order chi connectivity index (χ1) is 11.7. The van der Waals surface area contributed by atoms with Gasteiger partial charge >= 0.3 is 0 Å². The number of hydrogen-bond donors (Lipinski definition) is 3. The molecule has 0 bridgehead atoms. The number of nitrogens with two attached hydrogens (primary N) is 1. The Morgan fingerprint density at radius 2 is 1.62 bits per heavy atom. The second-order valence-electron chi connectivity index (χ2n) is 5.50. The molecular weight excluding hydrogens is 300 g/mol. The Labute approximate surface area is 141 Å². The summed E-state index contributed by atoms with van der Waals surface area (Å²) in [5.74, 6) is 0.407. The smallest absolute Gasteiger partial charge is 0.185 e. The lowest BCUT2D eigenvalue weighted by Gasteiger charge is -2.11. The molecule has 0 amide bonds. The molecule has 0 aliphatic rings. The van der Waals surface area contributed by atoms with Crippen LogP contribution in [0.3, 0.4) is 0 Å². The molecule has 5 nitrogen and oxygen atoms in total. The molecule has 0 saturated carbocycles. The van der Waals surface area contributed by atoms with Gasteiger partial charge in [-0.05, 0) is 29.7 Å². The van der Waals surface area contributed by atoms with E-state index in [2.05, 4.69) is 22.2 Å². The first-order valence-corrected chi connectivity index (χ1v) is 7.90. The van der Waals surface area contributed by atoms with Crippen molar-refractivity contribution in [3.8, 4) is 17.0 Å². The molecule has 4 N–H and O–H groups in total. The average molecular weight is 320 g/mol. The van der Waals surface area contributed by atoms with Gasteiger partial charge in [0.25, 0.3) is 0 Å². The van der Waals surface area contributed by atoms with E-state index in [-0.39, 0.29) is 5.75 Å². The molecular formula is C19H20N4O. The van der Waals surface area contributed by atoms with E-state index in [0.29, 0.717) is 18.1 Å². The van der Waals surface area contributed by atoms with Gasteiger partial charge in [-0.2, -0.15) is 0 Å². The zero-order valence-corrected chi connectivity index (χ0v) is 13.5. The molecule has 1 aromatic heterocycles. The highest BCUT2D eigenvalue weighted by Gasteiger charge is 2.12. The third-order valence-electron chi connectivity index (χ3n) is 3.91. The van der Waals surface area contributed by atoms with Crippen molar-refractivity contribution in [2.75, 3.05) is 5.32 Å². The summed E-state index contributed by atoms with van der Waals surface area (Å²) in [6.07, 6.45) is 2.42. The summed E-state index contributed by atoms with van der Waals surface area (Å²) in [5.41, 5.74) is 10.1. The van der Waals surface area contributed by atoms with Crippen LogP contribution in [0.5, 0.6) is 5.75 Å². The van der Waals surface area contributed by atoms with Crippen LogP contribution in [0.25, 0.3) is 11.3 Å². The Morgan fingerprint density at radius 1 is 0.958 bits per heavy atom. The van der Waals surface area contributed by atoms with E-state index >= 15 is 0 Å². The molecule has 0 atom stereocenters. The molecule has 2 aromatic carbocycles. The number of hydrogen-bond acceptors (Lipinski definition) is 5. The van der Waals surface area contributed by atoms with Crippen molar-refractivity contribution in [1.82, 2.24) is 9.97 Å². The van der Waals surface area contributed by atoms with E-state index in [0.717, 1.165) is 23.2 Å². The van der Waals surface area contributed by atoms with E-state index in [1.807, 2.05) is 48.5 Å². The minimum absolute atomic E-state index is 0.0321. The summed E-state index contributed by atoms with van der Waals surface area (Å²) >= 11 is 0. The van der Waals surface area contributed by atoms with Crippen molar-refractivity contribution in [3.63, 3.8) is 0 Å². The van der Waals surface area contributed by atoms with Crippen LogP contribution in [-0.2, 0) is 13.0 Å². The highest BCUT2D eigenvalue weighted by Crippen LogP contribution is 2.33. The number of aryl methyl sites for hydroxylation is 1. The number of aromatic hydroxyl groups is 1. The normalized spacial score (nSPS) is 10.6. The number of anilines is 2. The Bertz CT molecular complexity index is 814. The van der Waals surface area contributed by atoms with Crippen molar-refractivity contribution in [2.45, 2.75) is 19.9 Å². The van der Waals surface area contributed by atoms with Gasteiger partial charge in [-0.1, -0.05) is 43.3 Å². The van der Waals surface area contributed by atoms with Gasteiger partial charge in [0.2, 0.25) is 0 Å². The van der Waals surface area contributed by atoms with Gasteiger partial charge in [0, 0.05) is 17.8 Å². The largest absolute Gasteiger partial charge is 0.503 e. The fourth-order valence-electron chi connectivity index (χ4n) is 2.44. The fraction of sp³-hybridized carbons (Fsp3) is 0.158. The molecule has 0 spiro atoms. The van der Waals surface area contributed by atoms with Gasteiger partial charge in [-0.3, -0.25) is 0 Å². The third kappa shape index (κ3) is 3.36. The first-order valence-electron chi connectivity index (χ1n) is 7.90. The number of nitrogens with one attached hydrogen (secondary N) is 1. The topological polar surface area (TPSA) is 84.1 Å². The summed E-state index contributed by atoms with van der Waals surface area (Å²) in [4.78, 5) is 8.36. The van der Waals surface area contributed by atoms with Crippen LogP contribution in [0.1, 0.15) is 18.1 Å². The molecule has 24 heavy (non-hydrogen) atoms. The average Bonchev–Trinajstić information content (AvgIpc) is 2.64. The van der Waals surface area contributed by atoms with Crippen LogP contribution in [-0.4, -0.2) is 15.1 Å². The summed E-state index contributed by atoms with van der Waals surface area (Å²) in [6.45, 7) is 2.60. The standard InChI is InChI=1S/C19H20N4O/c1-2-13-3-7-15(8-4-13)17-18(24)19(22-12-21-17)23-16-9-5-14(11-20)6-10-16/h3-10,12,24H,2,11,20H2,1H3,(H,21,22,23). The van der Waals surface area contributed by atoms with E-state index in [1.165, 1.54) is 11.9 Å². The molecule has 5 heteroatoms. The minimum atomic E-state index is 0.0321. The number of benzene rings is 2. The van der Waals surface area contributed by atoms with Gasteiger partial charge in [0.15, 0.2) is 11.6 Å². The predicted molar refractivity (Wildman–Crippen MR) is 96.1 cm³/mol. The van der Waals surface area contributed by atoms with Crippen molar-refractivity contribution in [1.29, 1.82) is 0 Å². The Kier molecular flexibility index (Phi) is 4.72. The fourth-order valence-corrected chi connectivity index (χ4v) is 2.44. The number of aromatic nitrogens is 2. The van der Waals surface area contributed by atoms with Gasteiger partial charge < -0.3 is 16.2 Å². The van der Waals surface area contributed by atoms with Gasteiger partial charge in [-0.25, -0.2) is 9.97 Å². The molecule has 0 unspecified atom stereocenters. The monoisotopic (exact) mass is 320 g/mol. The third-order valence-corrected chi connectivity index (χ3v) is 3.91. The molecule has 0 aliphatic heterocycles. The maximum Gasteiger partial charge on any atom is 0.185 e. The van der Waals surface area contributed by atoms with Crippen LogP contribution in [0.15, 0.2) is 54.9 Å². The maximum absolute atomic E-state index is 10.5. The second kappa shape index (κ2) is 7.10. The van der Waals surface area contributed by atoms with E-state index < -0.39 is 0 Å². The van der Waals surface area contributed by atoms with E-state index in [1.54, 1.807) is 0 Å². The van der Waals surface area contributed by atoms with Crippen molar-refractivity contribution in [2.24, 2.45) is 5.73 Å². The highest BCUT2D eigenvalue weighted by atomic mass is 16.3. The van der Waals surface area contributed by atoms with Crippen molar-refractivity contribution >= 4 is 11.5 Å². The lowest BCUT2D eigenvalue weighted by Crippen LogP contribution is -1.99. The second-order valence-corrected chi connectivity index (χ2v) is 5.50. The molecule has 0 aliphatic carbocycles. The van der Waals surface area contributed by atoms with Gasteiger partial charge in [0.1, 0.15) is 12.0 Å². The molecule has 0 saturated heterocycles. The quantitative estimate of drug-likeness (QED) is 0.669. The number of rotatable bonds is 5. The molecule has 1 heterocycles. The van der Waals surface area contributed by atoms with Crippen LogP contribution in [0, 0.1) is 0 Å².